The molecule has 26 heavy (non-hydrogen) atoms. The molecule has 0 radical (unpaired) electrons. The number of hydrogen-bond donors (Lipinski definition) is 2. The Hall–Kier alpha value is -3.20. The van der Waals surface area contributed by atoms with Crippen LogP contribution in [-0.2, 0) is 4.79 Å². The van der Waals surface area contributed by atoms with Crippen LogP contribution in [0.2, 0.25) is 0 Å². The van der Waals surface area contributed by atoms with Crippen LogP contribution in [-0.4, -0.2) is 29.4 Å². The van der Waals surface area contributed by atoms with E-state index >= 15 is 0 Å². The number of nitrogens with one attached hydrogen (secondary N) is 2. The van der Waals surface area contributed by atoms with Crippen molar-refractivity contribution in [2.75, 3.05) is 6.54 Å². The number of nitrogens with zero attached hydrogens (tertiary/aromatic N) is 2. The van der Waals surface area contributed by atoms with E-state index in [1.165, 1.54) is 0 Å². The van der Waals surface area contributed by atoms with E-state index in [0.29, 0.717) is 12.0 Å². The number of benzene rings is 1. The number of amides is 2. The topological polar surface area (TPSA) is 94.9 Å². The smallest absolute Gasteiger partial charge is 0.251 e. The number of carbonyl (C=O) groups excluding carboxylic acids is 2. The van der Waals surface area contributed by atoms with Crippen molar-refractivity contribution in [1.29, 1.82) is 5.26 Å². The van der Waals surface area contributed by atoms with Gasteiger partial charge in [0.15, 0.2) is 0 Å². The highest BCUT2D eigenvalue weighted by atomic mass is 16.2. The summed E-state index contributed by atoms with van der Waals surface area (Å²) in [6, 6.07) is 12.1. The Kier molecular flexibility index (Phi) is 6.86. The molecule has 1 aromatic heterocycles. The first-order valence-corrected chi connectivity index (χ1v) is 8.47. The van der Waals surface area contributed by atoms with E-state index in [0.717, 1.165) is 11.1 Å². The Morgan fingerprint density at radius 1 is 1.15 bits per heavy atom. The number of carbonyl (C=O) groups is 2. The highest BCUT2D eigenvalue weighted by Crippen LogP contribution is 2.18. The zero-order valence-corrected chi connectivity index (χ0v) is 14.9. The number of rotatable bonds is 7. The quantitative estimate of drug-likeness (QED) is 0.750. The molecule has 2 amide bonds. The van der Waals surface area contributed by atoms with Crippen LogP contribution in [0.15, 0.2) is 48.8 Å². The van der Waals surface area contributed by atoms with Crippen molar-refractivity contribution in [1.82, 2.24) is 15.6 Å². The Bertz CT molecular complexity index is 780. The van der Waals surface area contributed by atoms with Crippen LogP contribution in [0.5, 0.6) is 0 Å². The summed E-state index contributed by atoms with van der Waals surface area (Å²) in [6.07, 6.45) is 3.96. The molecule has 1 heterocycles. The second kappa shape index (κ2) is 9.33. The molecule has 1 atom stereocenters. The molecule has 2 rings (SSSR count). The predicted octanol–water partition coefficient (Wildman–Crippen LogP) is 2.53. The maximum Gasteiger partial charge on any atom is 0.251 e. The molecule has 0 spiro atoms. The molecule has 6 nitrogen and oxygen atoms in total. The standard InChI is InChI=1S/C20H22N4O2/c1-14(2)12-18(20(26)23-11-9-21)24-19(25)16-7-5-15(6-8-16)17-4-3-10-22-13-17/h3-8,10,13-14,18H,11-12H2,1-2H3,(H,23,26)(H,24,25). The SMILES string of the molecule is CC(C)CC(NC(=O)c1ccc(-c2cccnc2)cc1)C(=O)NCC#N. The van der Waals surface area contributed by atoms with Crippen LogP contribution < -0.4 is 10.6 Å². The first kappa shape index (κ1) is 19.1. The molecule has 0 fully saturated rings. The molecule has 2 aromatic rings. The molecule has 1 unspecified atom stereocenters. The Morgan fingerprint density at radius 2 is 1.88 bits per heavy atom. The summed E-state index contributed by atoms with van der Waals surface area (Å²) in [6.45, 7) is 3.86. The van der Waals surface area contributed by atoms with Gasteiger partial charge in [-0.1, -0.05) is 32.0 Å². The fraction of sp³-hybridized carbons (Fsp3) is 0.300. The van der Waals surface area contributed by atoms with Gasteiger partial charge in [-0.25, -0.2) is 0 Å². The Balaban J connectivity index is 2.08. The lowest BCUT2D eigenvalue weighted by molar-refractivity contribution is -0.123. The fourth-order valence-electron chi connectivity index (χ4n) is 2.54. The van der Waals surface area contributed by atoms with Crippen molar-refractivity contribution in [2.24, 2.45) is 5.92 Å². The van der Waals surface area contributed by atoms with E-state index in [1.54, 1.807) is 24.5 Å². The highest BCUT2D eigenvalue weighted by molar-refractivity contribution is 5.97. The van der Waals surface area contributed by atoms with E-state index < -0.39 is 6.04 Å². The molecule has 1 aromatic carbocycles. The lowest BCUT2D eigenvalue weighted by Gasteiger charge is -2.19. The van der Waals surface area contributed by atoms with E-state index in [4.69, 9.17) is 5.26 Å². The summed E-state index contributed by atoms with van der Waals surface area (Å²) in [5.41, 5.74) is 2.40. The van der Waals surface area contributed by atoms with Gasteiger partial charge in [0.25, 0.3) is 5.91 Å². The Morgan fingerprint density at radius 3 is 2.46 bits per heavy atom. The van der Waals surface area contributed by atoms with Gasteiger partial charge >= 0.3 is 0 Å². The zero-order valence-electron chi connectivity index (χ0n) is 14.9. The minimum absolute atomic E-state index is 0.0803. The van der Waals surface area contributed by atoms with Gasteiger partial charge in [-0.3, -0.25) is 14.6 Å². The third-order valence-corrected chi connectivity index (χ3v) is 3.81. The van der Waals surface area contributed by atoms with E-state index in [2.05, 4.69) is 15.6 Å². The third kappa shape index (κ3) is 5.42. The van der Waals surface area contributed by atoms with Crippen molar-refractivity contribution in [3.05, 3.63) is 54.4 Å². The molecule has 0 saturated carbocycles. The average Bonchev–Trinajstić information content (AvgIpc) is 2.66. The van der Waals surface area contributed by atoms with Gasteiger partial charge in [0.1, 0.15) is 12.6 Å². The number of hydrogen-bond acceptors (Lipinski definition) is 4. The average molecular weight is 350 g/mol. The van der Waals surface area contributed by atoms with Crippen LogP contribution in [0.1, 0.15) is 30.6 Å². The minimum Gasteiger partial charge on any atom is -0.341 e. The number of aromatic nitrogens is 1. The summed E-state index contributed by atoms with van der Waals surface area (Å²) >= 11 is 0. The monoisotopic (exact) mass is 350 g/mol. The zero-order chi connectivity index (χ0) is 18.9. The van der Waals surface area contributed by atoms with Gasteiger partial charge in [-0.05, 0) is 41.7 Å². The summed E-state index contributed by atoms with van der Waals surface area (Å²) in [7, 11) is 0. The van der Waals surface area contributed by atoms with Gasteiger partial charge in [0.2, 0.25) is 5.91 Å². The normalized spacial score (nSPS) is 11.5. The highest BCUT2D eigenvalue weighted by Gasteiger charge is 2.22. The summed E-state index contributed by atoms with van der Waals surface area (Å²) in [4.78, 5) is 28.7. The maximum atomic E-state index is 12.5. The van der Waals surface area contributed by atoms with Gasteiger partial charge in [-0.2, -0.15) is 5.26 Å². The first-order valence-electron chi connectivity index (χ1n) is 8.47. The predicted molar refractivity (Wildman–Crippen MR) is 99.0 cm³/mol. The first-order chi connectivity index (χ1) is 12.5. The molecule has 134 valence electrons. The van der Waals surface area contributed by atoms with Gasteiger partial charge < -0.3 is 10.6 Å². The van der Waals surface area contributed by atoms with Gasteiger partial charge in [-0.15, -0.1) is 0 Å². The molecule has 0 bridgehead atoms. The van der Waals surface area contributed by atoms with Gasteiger partial charge in [0, 0.05) is 18.0 Å². The summed E-state index contributed by atoms with van der Waals surface area (Å²) in [5.74, 6) is -0.442. The minimum atomic E-state index is -0.672. The molecule has 0 aliphatic rings. The van der Waals surface area contributed by atoms with E-state index in [9.17, 15) is 9.59 Å². The van der Waals surface area contributed by atoms with Crippen molar-refractivity contribution in [2.45, 2.75) is 26.3 Å². The molecular weight excluding hydrogens is 328 g/mol. The largest absolute Gasteiger partial charge is 0.341 e. The fourth-order valence-corrected chi connectivity index (χ4v) is 2.54. The van der Waals surface area contributed by atoms with Crippen LogP contribution in [0.25, 0.3) is 11.1 Å². The van der Waals surface area contributed by atoms with E-state index in [1.807, 2.05) is 44.2 Å². The summed E-state index contributed by atoms with van der Waals surface area (Å²) in [5, 5.41) is 13.9. The summed E-state index contributed by atoms with van der Waals surface area (Å²) < 4.78 is 0. The maximum absolute atomic E-state index is 12.5. The number of nitriles is 1. The molecule has 2 N–H and O–H groups in total. The lowest BCUT2D eigenvalue weighted by atomic mass is 10.0. The number of pyridine rings is 1. The second-order valence-corrected chi connectivity index (χ2v) is 6.35. The van der Waals surface area contributed by atoms with Crippen molar-refractivity contribution < 1.29 is 9.59 Å². The third-order valence-electron chi connectivity index (χ3n) is 3.81. The van der Waals surface area contributed by atoms with Crippen molar-refractivity contribution in [3.63, 3.8) is 0 Å². The molecule has 0 aliphatic carbocycles. The van der Waals surface area contributed by atoms with Crippen LogP contribution in [0.3, 0.4) is 0 Å². The molecule has 0 saturated heterocycles. The molecule has 0 aliphatic heterocycles. The lowest BCUT2D eigenvalue weighted by Crippen LogP contribution is -2.47. The van der Waals surface area contributed by atoms with Gasteiger partial charge in [0.05, 0.1) is 6.07 Å². The van der Waals surface area contributed by atoms with Crippen molar-refractivity contribution in [3.8, 4) is 17.2 Å². The van der Waals surface area contributed by atoms with E-state index in [-0.39, 0.29) is 24.3 Å². The Labute approximate surface area is 153 Å². The molecule has 6 heteroatoms. The van der Waals surface area contributed by atoms with Crippen LogP contribution >= 0.6 is 0 Å². The van der Waals surface area contributed by atoms with Crippen LogP contribution in [0.4, 0.5) is 0 Å². The molecular formula is C20H22N4O2. The van der Waals surface area contributed by atoms with Crippen LogP contribution in [0, 0.1) is 17.2 Å². The second-order valence-electron chi connectivity index (χ2n) is 6.35. The van der Waals surface area contributed by atoms with Crippen molar-refractivity contribution >= 4 is 11.8 Å².